The molecule has 5 rings (SSSR count). The van der Waals surface area contributed by atoms with Crippen LogP contribution in [0.3, 0.4) is 0 Å². The maximum Gasteiger partial charge on any atom is 0.230 e. The second kappa shape index (κ2) is 12.8. The van der Waals surface area contributed by atoms with Crippen LogP contribution in [0.5, 0.6) is 0 Å². The molecule has 2 N–H and O–H groups in total. The SMILES string of the molecule is C=C(C)c1c(NC2CCC(N3CCOCC3)CC2)nc(Nc2ccc(C3CCN(C)CC3)cc2)nc1SC. The summed E-state index contributed by atoms with van der Waals surface area (Å²) in [4.78, 5) is 14.9. The van der Waals surface area contributed by atoms with E-state index >= 15 is 0 Å². The molecule has 1 aliphatic carbocycles. The first kappa shape index (κ1) is 27.4. The molecule has 206 valence electrons. The average molecular weight is 537 g/mol. The van der Waals surface area contributed by atoms with Gasteiger partial charge in [-0.15, -0.1) is 11.8 Å². The van der Waals surface area contributed by atoms with E-state index in [0.717, 1.165) is 66.8 Å². The van der Waals surface area contributed by atoms with Crippen LogP contribution in [0.1, 0.15) is 62.5 Å². The Kier molecular flexibility index (Phi) is 9.25. The van der Waals surface area contributed by atoms with E-state index in [1.165, 1.54) is 44.3 Å². The second-order valence-corrected chi connectivity index (χ2v) is 12.0. The van der Waals surface area contributed by atoms with E-state index in [4.69, 9.17) is 14.7 Å². The van der Waals surface area contributed by atoms with Crippen molar-refractivity contribution in [1.82, 2.24) is 19.8 Å². The molecule has 2 aromatic rings. The number of aromatic nitrogens is 2. The monoisotopic (exact) mass is 536 g/mol. The maximum absolute atomic E-state index is 5.55. The van der Waals surface area contributed by atoms with Gasteiger partial charge in [-0.3, -0.25) is 4.90 Å². The van der Waals surface area contributed by atoms with Gasteiger partial charge in [0.05, 0.1) is 18.8 Å². The van der Waals surface area contributed by atoms with Gasteiger partial charge in [-0.05, 0) is 101 Å². The molecule has 1 aromatic carbocycles. The van der Waals surface area contributed by atoms with Gasteiger partial charge >= 0.3 is 0 Å². The molecule has 0 unspecified atom stereocenters. The topological polar surface area (TPSA) is 65.6 Å². The molecule has 38 heavy (non-hydrogen) atoms. The van der Waals surface area contributed by atoms with Crippen LogP contribution in [0.25, 0.3) is 5.57 Å². The number of likely N-dealkylation sites (tertiary alicyclic amines) is 1. The number of nitrogens with zero attached hydrogens (tertiary/aromatic N) is 4. The zero-order chi connectivity index (χ0) is 26.5. The lowest BCUT2D eigenvalue weighted by Gasteiger charge is -2.39. The summed E-state index contributed by atoms with van der Waals surface area (Å²) < 4.78 is 5.55. The third-order valence-corrected chi connectivity index (χ3v) is 9.13. The minimum absolute atomic E-state index is 0.414. The van der Waals surface area contributed by atoms with Crippen LogP contribution < -0.4 is 10.6 Å². The Morgan fingerprint density at radius 3 is 2.29 bits per heavy atom. The Hall–Kier alpha value is -2.13. The smallest absolute Gasteiger partial charge is 0.230 e. The lowest BCUT2D eigenvalue weighted by atomic mass is 9.89. The van der Waals surface area contributed by atoms with Crippen LogP contribution in [0, 0.1) is 0 Å². The molecule has 0 spiro atoms. The van der Waals surface area contributed by atoms with Crippen LogP contribution in [0.2, 0.25) is 0 Å². The van der Waals surface area contributed by atoms with Gasteiger partial charge in [0.25, 0.3) is 0 Å². The highest BCUT2D eigenvalue weighted by atomic mass is 32.2. The number of hydrogen-bond donors (Lipinski definition) is 2. The molecule has 0 amide bonds. The molecule has 1 aromatic heterocycles. The predicted molar refractivity (Wildman–Crippen MR) is 160 cm³/mol. The zero-order valence-electron chi connectivity index (χ0n) is 23.3. The van der Waals surface area contributed by atoms with Crippen LogP contribution in [-0.2, 0) is 4.74 Å². The molecule has 3 aliphatic rings. The third-order valence-electron chi connectivity index (χ3n) is 8.45. The Morgan fingerprint density at radius 2 is 1.66 bits per heavy atom. The number of ether oxygens (including phenoxy) is 1. The highest BCUT2D eigenvalue weighted by molar-refractivity contribution is 7.98. The summed E-state index contributed by atoms with van der Waals surface area (Å²) in [5, 5.41) is 8.24. The van der Waals surface area contributed by atoms with Crippen LogP contribution in [0.15, 0.2) is 35.9 Å². The molecule has 2 aliphatic heterocycles. The molecule has 0 bridgehead atoms. The largest absolute Gasteiger partial charge is 0.379 e. The fourth-order valence-corrected chi connectivity index (χ4v) is 6.82. The summed E-state index contributed by atoms with van der Waals surface area (Å²) in [6, 6.07) is 9.96. The van der Waals surface area contributed by atoms with Crippen molar-refractivity contribution < 1.29 is 4.74 Å². The summed E-state index contributed by atoms with van der Waals surface area (Å²) in [7, 11) is 2.21. The van der Waals surface area contributed by atoms with Gasteiger partial charge in [0.2, 0.25) is 5.95 Å². The average Bonchev–Trinajstić information content (AvgIpc) is 2.94. The van der Waals surface area contributed by atoms with Gasteiger partial charge in [0, 0.05) is 30.9 Å². The van der Waals surface area contributed by atoms with Crippen molar-refractivity contribution in [1.29, 1.82) is 0 Å². The summed E-state index contributed by atoms with van der Waals surface area (Å²) in [5.74, 6) is 2.19. The first-order chi connectivity index (χ1) is 18.5. The van der Waals surface area contributed by atoms with Gasteiger partial charge in [0.1, 0.15) is 10.8 Å². The number of allylic oxidation sites excluding steroid dienone is 1. The molecular formula is C30H44N6OS. The number of thioether (sulfide) groups is 1. The lowest BCUT2D eigenvalue weighted by molar-refractivity contribution is 0.00790. The number of morpholine rings is 1. The van der Waals surface area contributed by atoms with Crippen molar-refractivity contribution in [3.05, 3.63) is 42.0 Å². The normalized spacial score (nSPS) is 23.8. The highest BCUT2D eigenvalue weighted by Gasteiger charge is 2.28. The van der Waals surface area contributed by atoms with E-state index in [2.05, 4.69) is 64.6 Å². The van der Waals surface area contributed by atoms with Gasteiger partial charge in [-0.1, -0.05) is 18.7 Å². The Bertz CT molecular complexity index is 1070. The van der Waals surface area contributed by atoms with Crippen molar-refractivity contribution in [2.75, 3.05) is 63.3 Å². The van der Waals surface area contributed by atoms with Crippen molar-refractivity contribution in [2.45, 2.75) is 68.5 Å². The maximum atomic E-state index is 5.55. The third kappa shape index (κ3) is 6.71. The molecule has 7 nitrogen and oxygen atoms in total. The Labute approximate surface area is 232 Å². The van der Waals surface area contributed by atoms with Crippen LogP contribution >= 0.6 is 11.8 Å². The summed E-state index contributed by atoms with van der Waals surface area (Å²) in [5.41, 5.74) is 4.49. The first-order valence-electron chi connectivity index (χ1n) is 14.3. The minimum Gasteiger partial charge on any atom is -0.379 e. The van der Waals surface area contributed by atoms with Gasteiger partial charge in [0.15, 0.2) is 0 Å². The van der Waals surface area contributed by atoms with Gasteiger partial charge < -0.3 is 20.3 Å². The van der Waals surface area contributed by atoms with Crippen molar-refractivity contribution in [3.8, 4) is 0 Å². The number of nitrogens with one attached hydrogen (secondary N) is 2. The molecule has 1 saturated carbocycles. The van der Waals surface area contributed by atoms with Crippen LogP contribution in [-0.4, -0.2) is 84.5 Å². The molecular weight excluding hydrogens is 492 g/mol. The number of piperidine rings is 1. The standard InChI is InChI=1S/C30H44N6OS/c1-21(2)27-28(31-24-9-11-26(12-10-24)36-17-19-37-20-18-36)33-30(34-29(27)38-4)32-25-7-5-22(6-8-25)23-13-15-35(3)16-14-23/h5-8,23-24,26H,1,9-20H2,2-4H3,(H2,31,32,33,34). The number of anilines is 3. The summed E-state index contributed by atoms with van der Waals surface area (Å²) >= 11 is 1.65. The molecule has 0 atom stereocenters. The number of rotatable bonds is 8. The molecule has 8 heteroatoms. The van der Waals surface area contributed by atoms with Crippen LogP contribution in [0.4, 0.5) is 17.5 Å². The van der Waals surface area contributed by atoms with Crippen molar-refractivity contribution >= 4 is 34.8 Å². The molecule has 2 saturated heterocycles. The lowest BCUT2D eigenvalue weighted by Crippen LogP contribution is -2.46. The van der Waals surface area contributed by atoms with Crippen molar-refractivity contribution in [3.63, 3.8) is 0 Å². The first-order valence-corrected chi connectivity index (χ1v) is 15.5. The van der Waals surface area contributed by atoms with E-state index in [-0.39, 0.29) is 0 Å². The highest BCUT2D eigenvalue weighted by Crippen LogP contribution is 2.34. The van der Waals surface area contributed by atoms with E-state index in [1.807, 2.05) is 6.92 Å². The number of hydrogen-bond acceptors (Lipinski definition) is 8. The summed E-state index contributed by atoms with van der Waals surface area (Å²) in [6.07, 6.45) is 9.27. The van der Waals surface area contributed by atoms with E-state index < -0.39 is 0 Å². The minimum atomic E-state index is 0.414. The Balaban J connectivity index is 1.27. The van der Waals surface area contributed by atoms with Gasteiger partial charge in [-0.2, -0.15) is 4.98 Å². The molecule has 3 heterocycles. The Morgan fingerprint density at radius 1 is 0.974 bits per heavy atom. The van der Waals surface area contributed by atoms with E-state index in [0.29, 0.717) is 23.9 Å². The number of benzene rings is 1. The quantitative estimate of drug-likeness (QED) is 0.322. The predicted octanol–water partition coefficient (Wildman–Crippen LogP) is 5.84. The fourth-order valence-electron chi connectivity index (χ4n) is 6.16. The fraction of sp³-hybridized carbons (Fsp3) is 0.600. The van der Waals surface area contributed by atoms with Crippen molar-refractivity contribution in [2.24, 2.45) is 0 Å². The van der Waals surface area contributed by atoms with E-state index in [1.54, 1.807) is 11.8 Å². The molecule has 0 radical (unpaired) electrons. The van der Waals surface area contributed by atoms with E-state index in [9.17, 15) is 0 Å². The molecule has 3 fully saturated rings. The second-order valence-electron chi connectivity index (χ2n) is 11.2. The van der Waals surface area contributed by atoms with Gasteiger partial charge in [-0.25, -0.2) is 4.98 Å². The zero-order valence-corrected chi connectivity index (χ0v) is 24.2. The summed E-state index contributed by atoms with van der Waals surface area (Å²) in [6.45, 7) is 12.5.